The third kappa shape index (κ3) is 1.94. The van der Waals surface area contributed by atoms with Crippen molar-refractivity contribution in [1.82, 2.24) is 0 Å². The Bertz CT molecular complexity index is 492. The second-order valence-electron chi connectivity index (χ2n) is 5.38. The number of hydrogen-bond donors (Lipinski definition) is 0. The smallest absolute Gasteiger partial charge is 0.227 e. The molecule has 2 aliphatic rings. The Morgan fingerprint density at radius 3 is 2.44 bits per heavy atom. The molecular weight excluding hydrogens is 226 g/mol. The summed E-state index contributed by atoms with van der Waals surface area (Å²) in [5.41, 5.74) is 1.69. The summed E-state index contributed by atoms with van der Waals surface area (Å²) in [5.74, 6) is 1.20. The van der Waals surface area contributed by atoms with Crippen molar-refractivity contribution < 1.29 is 9.59 Å². The average molecular weight is 243 g/mol. The van der Waals surface area contributed by atoms with Crippen molar-refractivity contribution in [2.45, 2.75) is 26.2 Å². The van der Waals surface area contributed by atoms with Gasteiger partial charge in [0.05, 0.1) is 0 Å². The normalized spacial score (nSPS) is 26.5. The lowest BCUT2D eigenvalue weighted by Gasteiger charge is -2.15. The van der Waals surface area contributed by atoms with Gasteiger partial charge < -0.3 is 4.90 Å². The predicted molar refractivity (Wildman–Crippen MR) is 69.6 cm³/mol. The van der Waals surface area contributed by atoms with Crippen LogP contribution >= 0.6 is 0 Å². The van der Waals surface area contributed by atoms with Crippen molar-refractivity contribution in [2.75, 3.05) is 11.4 Å². The maximum Gasteiger partial charge on any atom is 0.227 e. The molecule has 3 rings (SSSR count). The summed E-state index contributed by atoms with van der Waals surface area (Å²) in [6, 6.07) is 7.50. The van der Waals surface area contributed by atoms with Crippen LogP contribution in [0.1, 0.15) is 36.5 Å². The van der Waals surface area contributed by atoms with Crippen molar-refractivity contribution in [2.24, 2.45) is 11.8 Å². The zero-order valence-electron chi connectivity index (χ0n) is 10.6. The molecule has 1 aromatic rings. The first kappa shape index (κ1) is 11.5. The number of anilines is 1. The molecule has 1 aliphatic heterocycles. The van der Waals surface area contributed by atoms with Crippen LogP contribution in [0.15, 0.2) is 24.3 Å². The summed E-state index contributed by atoms with van der Waals surface area (Å²) in [7, 11) is 0. The Labute approximate surface area is 107 Å². The molecule has 2 atom stereocenters. The summed E-state index contributed by atoms with van der Waals surface area (Å²) < 4.78 is 0. The number of Topliss-reactive ketones (excluding diaryl/α,β-unsaturated/α-hetero) is 1. The maximum absolute atomic E-state index is 12.0. The number of nitrogens with zero attached hydrogens (tertiary/aromatic N) is 1. The highest BCUT2D eigenvalue weighted by molar-refractivity contribution is 6.00. The van der Waals surface area contributed by atoms with Gasteiger partial charge in [0.2, 0.25) is 5.91 Å². The lowest BCUT2D eigenvalue weighted by molar-refractivity contribution is -0.117. The number of rotatable bonds is 3. The Morgan fingerprint density at radius 2 is 1.94 bits per heavy atom. The number of carbonyl (C=O) groups is 2. The monoisotopic (exact) mass is 243 g/mol. The second kappa shape index (κ2) is 4.23. The summed E-state index contributed by atoms with van der Waals surface area (Å²) in [6.45, 7) is 2.91. The molecule has 1 aromatic carbocycles. The van der Waals surface area contributed by atoms with Crippen LogP contribution in [0.3, 0.4) is 0 Å². The topological polar surface area (TPSA) is 37.4 Å². The van der Waals surface area contributed by atoms with Gasteiger partial charge in [-0.15, -0.1) is 0 Å². The minimum atomic E-state index is 0.185. The van der Waals surface area contributed by atoms with E-state index in [4.69, 9.17) is 0 Å². The summed E-state index contributed by atoms with van der Waals surface area (Å²) in [5, 5.41) is 0. The van der Waals surface area contributed by atoms with E-state index in [0.29, 0.717) is 12.3 Å². The van der Waals surface area contributed by atoms with Crippen LogP contribution < -0.4 is 4.90 Å². The van der Waals surface area contributed by atoms with Crippen LogP contribution in [-0.2, 0) is 4.79 Å². The second-order valence-corrected chi connectivity index (χ2v) is 5.38. The van der Waals surface area contributed by atoms with Crippen LogP contribution in [0.2, 0.25) is 0 Å². The van der Waals surface area contributed by atoms with E-state index >= 15 is 0 Å². The average Bonchev–Trinajstić information content (AvgIpc) is 2.95. The minimum absolute atomic E-state index is 0.185. The number of hydrogen-bond acceptors (Lipinski definition) is 2. The molecule has 94 valence electrons. The molecule has 0 bridgehead atoms. The molecule has 0 spiro atoms. The third-order valence-corrected chi connectivity index (χ3v) is 3.98. The van der Waals surface area contributed by atoms with Gasteiger partial charge in [0.1, 0.15) is 0 Å². The van der Waals surface area contributed by atoms with Gasteiger partial charge in [-0.1, -0.05) is 6.92 Å². The predicted octanol–water partition coefficient (Wildman–Crippen LogP) is 2.65. The summed E-state index contributed by atoms with van der Waals surface area (Å²) in [6.07, 6.45) is 2.59. The first-order chi connectivity index (χ1) is 8.66. The van der Waals surface area contributed by atoms with Crippen LogP contribution in [0.4, 0.5) is 5.69 Å². The highest BCUT2D eigenvalue weighted by Crippen LogP contribution is 2.40. The maximum atomic E-state index is 12.0. The molecule has 1 aliphatic carbocycles. The lowest BCUT2D eigenvalue weighted by atomic mass is 10.1. The van der Waals surface area contributed by atoms with Gasteiger partial charge in [0.25, 0.3) is 0 Å². The van der Waals surface area contributed by atoms with Gasteiger partial charge in [0, 0.05) is 30.1 Å². The first-order valence-electron chi connectivity index (χ1n) is 6.61. The Balaban J connectivity index is 1.76. The van der Waals surface area contributed by atoms with Crippen LogP contribution in [0.5, 0.6) is 0 Å². The molecular formula is C15H17NO2. The molecule has 1 saturated carbocycles. The molecule has 0 aromatic heterocycles. The zero-order valence-corrected chi connectivity index (χ0v) is 10.6. The number of amides is 1. The Kier molecular flexibility index (Phi) is 2.69. The first-order valence-corrected chi connectivity index (χ1v) is 6.61. The Morgan fingerprint density at radius 1 is 1.28 bits per heavy atom. The fourth-order valence-corrected chi connectivity index (χ4v) is 2.63. The largest absolute Gasteiger partial charge is 0.312 e. The van der Waals surface area contributed by atoms with E-state index in [9.17, 15) is 9.59 Å². The third-order valence-electron chi connectivity index (χ3n) is 3.98. The Hall–Kier alpha value is -1.64. The van der Waals surface area contributed by atoms with Gasteiger partial charge in [-0.3, -0.25) is 9.59 Å². The zero-order chi connectivity index (χ0) is 12.7. The SMILES string of the molecule is CC1CC1C(=O)c1ccc(N2CCCC2=O)cc1. The molecule has 2 unspecified atom stereocenters. The van der Waals surface area contributed by atoms with Gasteiger partial charge in [0.15, 0.2) is 5.78 Å². The van der Waals surface area contributed by atoms with Crippen molar-refractivity contribution in [3.05, 3.63) is 29.8 Å². The van der Waals surface area contributed by atoms with Crippen LogP contribution in [0, 0.1) is 11.8 Å². The minimum Gasteiger partial charge on any atom is -0.312 e. The number of benzene rings is 1. The van der Waals surface area contributed by atoms with Gasteiger partial charge in [-0.05, 0) is 43.0 Å². The lowest BCUT2D eigenvalue weighted by Crippen LogP contribution is -2.23. The van der Waals surface area contributed by atoms with Crippen LogP contribution in [0.25, 0.3) is 0 Å². The van der Waals surface area contributed by atoms with E-state index in [-0.39, 0.29) is 17.6 Å². The van der Waals surface area contributed by atoms with Gasteiger partial charge in [-0.25, -0.2) is 0 Å². The van der Waals surface area contributed by atoms with E-state index in [1.54, 1.807) is 4.90 Å². The van der Waals surface area contributed by atoms with Gasteiger partial charge in [-0.2, -0.15) is 0 Å². The van der Waals surface area contributed by atoms with Crippen molar-refractivity contribution in [3.63, 3.8) is 0 Å². The van der Waals surface area contributed by atoms with Crippen molar-refractivity contribution in [1.29, 1.82) is 0 Å². The quantitative estimate of drug-likeness (QED) is 0.765. The summed E-state index contributed by atoms with van der Waals surface area (Å²) >= 11 is 0. The van der Waals surface area contributed by atoms with Crippen molar-refractivity contribution in [3.8, 4) is 0 Å². The molecule has 3 nitrogen and oxygen atoms in total. The highest BCUT2D eigenvalue weighted by Gasteiger charge is 2.39. The molecule has 0 N–H and O–H groups in total. The molecule has 3 heteroatoms. The van der Waals surface area contributed by atoms with Gasteiger partial charge >= 0.3 is 0 Å². The highest BCUT2D eigenvalue weighted by atomic mass is 16.2. The van der Waals surface area contributed by atoms with Crippen LogP contribution in [-0.4, -0.2) is 18.2 Å². The molecule has 1 amide bonds. The van der Waals surface area contributed by atoms with Crippen molar-refractivity contribution >= 4 is 17.4 Å². The fourth-order valence-electron chi connectivity index (χ4n) is 2.63. The van der Waals surface area contributed by atoms with E-state index < -0.39 is 0 Å². The molecule has 18 heavy (non-hydrogen) atoms. The molecule has 2 fully saturated rings. The molecule has 1 heterocycles. The van der Waals surface area contributed by atoms with E-state index in [2.05, 4.69) is 6.92 Å². The van der Waals surface area contributed by atoms with E-state index in [1.165, 1.54) is 0 Å². The molecule has 0 radical (unpaired) electrons. The number of carbonyl (C=O) groups excluding carboxylic acids is 2. The standard InChI is InChI=1S/C15H17NO2/c1-10-9-13(10)15(18)11-4-6-12(7-5-11)16-8-2-3-14(16)17/h4-7,10,13H,2-3,8-9H2,1H3. The summed E-state index contributed by atoms with van der Waals surface area (Å²) in [4.78, 5) is 25.4. The fraction of sp³-hybridized carbons (Fsp3) is 0.467. The number of ketones is 1. The van der Waals surface area contributed by atoms with E-state index in [1.807, 2.05) is 24.3 Å². The van der Waals surface area contributed by atoms with E-state index in [0.717, 1.165) is 30.6 Å². The molecule has 1 saturated heterocycles.